The lowest BCUT2D eigenvalue weighted by atomic mass is 9.95. The summed E-state index contributed by atoms with van der Waals surface area (Å²) in [7, 11) is 0. The molecule has 2 atom stereocenters. The van der Waals surface area contributed by atoms with Crippen molar-refractivity contribution in [2.45, 2.75) is 48.6 Å². The largest absolute Gasteiger partial charge is 0.318 e. The van der Waals surface area contributed by atoms with Gasteiger partial charge in [-0.25, -0.2) is 9.07 Å². The minimum Gasteiger partial charge on any atom is -0.318 e. The van der Waals surface area contributed by atoms with Crippen LogP contribution < -0.4 is 5.43 Å². The molecule has 2 aromatic rings. The maximum Gasteiger partial charge on any atom is 0.210 e. The third kappa shape index (κ3) is 2.52. The first-order valence-corrected chi connectivity index (χ1v) is 8.29. The van der Waals surface area contributed by atoms with E-state index in [1.165, 1.54) is 37.8 Å². The smallest absolute Gasteiger partial charge is 0.210 e. The van der Waals surface area contributed by atoms with E-state index in [-0.39, 0.29) is 5.82 Å². The number of hydrogen-bond acceptors (Lipinski definition) is 4. The van der Waals surface area contributed by atoms with Crippen LogP contribution in [-0.2, 0) is 6.42 Å². The molecule has 1 aromatic carbocycles. The van der Waals surface area contributed by atoms with Crippen LogP contribution in [0.15, 0.2) is 29.4 Å². The molecule has 0 amide bonds. The molecule has 0 bridgehead atoms. The highest BCUT2D eigenvalue weighted by Gasteiger charge is 2.33. The fraction of sp³-hybridized carbons (Fsp3) is 0.467. The second-order valence-electron chi connectivity index (χ2n) is 5.71. The van der Waals surface area contributed by atoms with Crippen molar-refractivity contribution in [2.24, 2.45) is 0 Å². The summed E-state index contributed by atoms with van der Waals surface area (Å²) in [5, 5.41) is 10.2. The highest BCUT2D eigenvalue weighted by Crippen LogP contribution is 2.37. The van der Waals surface area contributed by atoms with E-state index in [9.17, 15) is 4.39 Å². The average Bonchev–Trinajstić information content (AvgIpc) is 2.89. The zero-order valence-electron chi connectivity index (χ0n) is 11.6. The lowest BCUT2D eigenvalue weighted by Crippen LogP contribution is -2.43. The highest BCUT2D eigenvalue weighted by atomic mass is 32.2. The van der Waals surface area contributed by atoms with Gasteiger partial charge in [-0.15, -0.1) is 10.2 Å². The normalized spacial score (nSPS) is 24.0. The molecule has 2 heterocycles. The fourth-order valence-electron chi connectivity index (χ4n) is 3.09. The lowest BCUT2D eigenvalue weighted by Gasteiger charge is -2.36. The molecule has 4 rings (SSSR count). The summed E-state index contributed by atoms with van der Waals surface area (Å²) in [6, 6.07) is 7.09. The third-order valence-electron chi connectivity index (χ3n) is 4.23. The van der Waals surface area contributed by atoms with Crippen LogP contribution in [0.2, 0.25) is 0 Å². The molecule has 0 radical (unpaired) electrons. The van der Waals surface area contributed by atoms with Gasteiger partial charge in [0, 0.05) is 11.7 Å². The van der Waals surface area contributed by atoms with Gasteiger partial charge in [0.05, 0.1) is 6.04 Å². The predicted octanol–water partition coefficient (Wildman–Crippen LogP) is 2.97. The molecule has 21 heavy (non-hydrogen) atoms. The number of nitrogens with one attached hydrogen (secondary N) is 1. The molecule has 4 nitrogen and oxygen atoms in total. The number of benzene rings is 1. The monoisotopic (exact) mass is 304 g/mol. The van der Waals surface area contributed by atoms with Crippen LogP contribution in [0.1, 0.15) is 37.1 Å². The second-order valence-corrected chi connectivity index (χ2v) is 6.92. The first kappa shape index (κ1) is 13.1. The molecule has 1 aromatic heterocycles. The highest BCUT2D eigenvalue weighted by molar-refractivity contribution is 7.99. The van der Waals surface area contributed by atoms with Gasteiger partial charge in [0.2, 0.25) is 5.16 Å². The molecule has 2 unspecified atom stereocenters. The minimum absolute atomic E-state index is 0.208. The molecule has 1 aliphatic heterocycles. The summed E-state index contributed by atoms with van der Waals surface area (Å²) in [6.45, 7) is 0. The van der Waals surface area contributed by atoms with Gasteiger partial charge < -0.3 is 5.43 Å². The van der Waals surface area contributed by atoms with Crippen molar-refractivity contribution >= 4 is 11.8 Å². The molecule has 2 aliphatic rings. The first-order valence-electron chi connectivity index (χ1n) is 7.41. The summed E-state index contributed by atoms with van der Waals surface area (Å²) in [5.74, 6) is 0.689. The molecular formula is C15H17FN4S. The molecule has 1 N–H and O–H groups in total. The van der Waals surface area contributed by atoms with E-state index in [0.717, 1.165) is 16.5 Å². The van der Waals surface area contributed by atoms with Gasteiger partial charge in [0.15, 0.2) is 5.82 Å². The van der Waals surface area contributed by atoms with E-state index in [1.807, 2.05) is 16.4 Å². The molecule has 1 saturated carbocycles. The van der Waals surface area contributed by atoms with Gasteiger partial charge in [-0.3, -0.25) is 0 Å². The van der Waals surface area contributed by atoms with Gasteiger partial charge >= 0.3 is 0 Å². The SMILES string of the molecule is Fc1ccc(Cc2nnc3n2NC2CCCCC2S3)cc1. The van der Waals surface area contributed by atoms with Crippen LogP contribution >= 0.6 is 11.8 Å². The number of halogens is 1. The Kier molecular flexibility index (Phi) is 3.33. The van der Waals surface area contributed by atoms with Crippen LogP contribution in [0.4, 0.5) is 4.39 Å². The van der Waals surface area contributed by atoms with E-state index < -0.39 is 0 Å². The van der Waals surface area contributed by atoms with Gasteiger partial charge in [-0.2, -0.15) is 0 Å². The Labute approximate surface area is 127 Å². The summed E-state index contributed by atoms with van der Waals surface area (Å²) in [4.78, 5) is 0. The maximum atomic E-state index is 13.0. The lowest BCUT2D eigenvalue weighted by molar-refractivity contribution is 0.428. The molecule has 0 spiro atoms. The standard InChI is InChI=1S/C15H17FN4S/c16-11-7-5-10(6-8-11)9-14-17-18-15-20(14)19-12-3-1-2-4-13(12)21-15/h5-8,12-13,19H,1-4,9H2. The molecule has 6 heteroatoms. The summed E-state index contributed by atoms with van der Waals surface area (Å²) in [5.41, 5.74) is 4.62. The van der Waals surface area contributed by atoms with Gasteiger partial charge in [0.25, 0.3) is 0 Å². The van der Waals surface area contributed by atoms with Crippen molar-refractivity contribution in [3.05, 3.63) is 41.5 Å². The fourth-order valence-corrected chi connectivity index (χ4v) is 4.36. The zero-order chi connectivity index (χ0) is 14.2. The number of hydrogen-bond donors (Lipinski definition) is 1. The Morgan fingerprint density at radius 1 is 1.19 bits per heavy atom. The van der Waals surface area contributed by atoms with Crippen LogP contribution in [-0.4, -0.2) is 26.2 Å². The predicted molar refractivity (Wildman–Crippen MR) is 80.5 cm³/mol. The molecule has 1 aliphatic carbocycles. The zero-order valence-corrected chi connectivity index (χ0v) is 12.4. The molecular weight excluding hydrogens is 287 g/mol. The Bertz CT molecular complexity index is 640. The molecule has 0 saturated heterocycles. The van der Waals surface area contributed by atoms with Crippen molar-refractivity contribution in [2.75, 3.05) is 5.43 Å². The van der Waals surface area contributed by atoms with Gasteiger partial charge in [0.1, 0.15) is 5.82 Å². The number of rotatable bonds is 2. The van der Waals surface area contributed by atoms with Crippen LogP contribution in [0.5, 0.6) is 0 Å². The minimum atomic E-state index is -0.208. The van der Waals surface area contributed by atoms with Crippen LogP contribution in [0, 0.1) is 5.82 Å². The first-order chi connectivity index (χ1) is 10.3. The Morgan fingerprint density at radius 2 is 2.00 bits per heavy atom. The van der Waals surface area contributed by atoms with Crippen molar-refractivity contribution in [1.82, 2.24) is 14.9 Å². The van der Waals surface area contributed by atoms with E-state index in [2.05, 4.69) is 15.6 Å². The number of nitrogens with zero attached hydrogens (tertiary/aromatic N) is 3. The van der Waals surface area contributed by atoms with Crippen molar-refractivity contribution in [1.29, 1.82) is 0 Å². The van der Waals surface area contributed by atoms with Crippen molar-refractivity contribution in [3.63, 3.8) is 0 Å². The Hall–Kier alpha value is -1.56. The number of aromatic nitrogens is 3. The summed E-state index contributed by atoms with van der Waals surface area (Å²) in [6.07, 6.45) is 5.73. The van der Waals surface area contributed by atoms with E-state index in [4.69, 9.17) is 0 Å². The average molecular weight is 304 g/mol. The van der Waals surface area contributed by atoms with Gasteiger partial charge in [-0.05, 0) is 30.5 Å². The van der Waals surface area contributed by atoms with Crippen LogP contribution in [0.25, 0.3) is 0 Å². The van der Waals surface area contributed by atoms with Crippen molar-refractivity contribution < 1.29 is 4.39 Å². The van der Waals surface area contributed by atoms with E-state index in [1.54, 1.807) is 12.1 Å². The topological polar surface area (TPSA) is 42.7 Å². The summed E-state index contributed by atoms with van der Waals surface area (Å²) < 4.78 is 15.0. The number of thioether (sulfide) groups is 1. The Morgan fingerprint density at radius 3 is 2.86 bits per heavy atom. The van der Waals surface area contributed by atoms with E-state index >= 15 is 0 Å². The van der Waals surface area contributed by atoms with Gasteiger partial charge in [-0.1, -0.05) is 36.7 Å². The third-order valence-corrected chi connectivity index (χ3v) is 5.57. The van der Waals surface area contributed by atoms with Crippen molar-refractivity contribution in [3.8, 4) is 0 Å². The Balaban J connectivity index is 1.58. The number of fused-ring (bicyclic) bond motifs is 2. The quantitative estimate of drug-likeness (QED) is 0.926. The van der Waals surface area contributed by atoms with E-state index in [0.29, 0.717) is 17.7 Å². The maximum absolute atomic E-state index is 13.0. The van der Waals surface area contributed by atoms with Crippen LogP contribution in [0.3, 0.4) is 0 Å². The molecule has 110 valence electrons. The second kappa shape index (κ2) is 5.33. The molecule has 1 fully saturated rings. The summed E-state index contributed by atoms with van der Waals surface area (Å²) >= 11 is 1.84.